The Hall–Kier alpha value is -0.160. The van der Waals surface area contributed by atoms with Crippen molar-refractivity contribution in [1.29, 1.82) is 0 Å². The number of unbranched alkanes of at least 4 members (excludes halogenated alkanes) is 1. The molecule has 0 amide bonds. The lowest BCUT2D eigenvalue weighted by atomic mass is 10.2. The van der Waals surface area contributed by atoms with Gasteiger partial charge in [0.05, 0.1) is 26.2 Å². The van der Waals surface area contributed by atoms with Crippen LogP contribution in [0.15, 0.2) is 0 Å². The SMILES string of the molecule is CCCCN1CCCN2CC[N+](CCCNC)(CC1)C2. The fraction of sp³-hybridized carbons (Fsp3) is 1.00. The Morgan fingerprint density at radius 1 is 1.05 bits per heavy atom. The summed E-state index contributed by atoms with van der Waals surface area (Å²) >= 11 is 0. The fourth-order valence-electron chi connectivity index (χ4n) is 3.76. The quantitative estimate of drug-likeness (QED) is 0.559. The standard InChI is InChI=1S/C16H35N4/c1-3-4-8-18-9-6-10-19-12-15-20(16-19,14-11-18)13-5-7-17-2/h17H,3-16H2,1-2H3/q+1. The highest BCUT2D eigenvalue weighted by molar-refractivity contribution is 4.69. The summed E-state index contributed by atoms with van der Waals surface area (Å²) in [6.45, 7) is 15.5. The molecule has 0 aromatic rings. The van der Waals surface area contributed by atoms with Gasteiger partial charge in [0.1, 0.15) is 6.67 Å². The fourth-order valence-corrected chi connectivity index (χ4v) is 3.76. The number of rotatable bonds is 7. The van der Waals surface area contributed by atoms with Gasteiger partial charge in [0, 0.05) is 26.1 Å². The van der Waals surface area contributed by atoms with Crippen LogP contribution in [0.4, 0.5) is 0 Å². The van der Waals surface area contributed by atoms with Gasteiger partial charge in [0.2, 0.25) is 0 Å². The number of quaternary nitrogens is 1. The Bertz CT molecular complexity index is 271. The van der Waals surface area contributed by atoms with Crippen LogP contribution in [0.1, 0.15) is 32.6 Å². The molecule has 2 bridgehead atoms. The average Bonchev–Trinajstić information content (AvgIpc) is 2.88. The lowest BCUT2D eigenvalue weighted by molar-refractivity contribution is -0.920. The van der Waals surface area contributed by atoms with Gasteiger partial charge in [-0.1, -0.05) is 13.3 Å². The van der Waals surface area contributed by atoms with E-state index < -0.39 is 0 Å². The van der Waals surface area contributed by atoms with Crippen LogP contribution in [0.5, 0.6) is 0 Å². The van der Waals surface area contributed by atoms with E-state index in [1.807, 2.05) is 0 Å². The molecule has 4 heteroatoms. The van der Waals surface area contributed by atoms with Gasteiger partial charge < -0.3 is 9.80 Å². The van der Waals surface area contributed by atoms with Crippen molar-refractivity contribution in [2.24, 2.45) is 0 Å². The van der Waals surface area contributed by atoms with E-state index >= 15 is 0 Å². The van der Waals surface area contributed by atoms with Gasteiger partial charge in [0.25, 0.3) is 0 Å². The van der Waals surface area contributed by atoms with Crippen molar-refractivity contribution in [3.8, 4) is 0 Å². The van der Waals surface area contributed by atoms with E-state index in [1.54, 1.807) is 0 Å². The van der Waals surface area contributed by atoms with Crippen LogP contribution in [0.2, 0.25) is 0 Å². The molecular weight excluding hydrogens is 248 g/mol. The predicted octanol–water partition coefficient (Wildman–Crippen LogP) is 1.19. The van der Waals surface area contributed by atoms with Gasteiger partial charge in [-0.05, 0) is 33.0 Å². The van der Waals surface area contributed by atoms with Crippen molar-refractivity contribution >= 4 is 0 Å². The normalized spacial score (nSPS) is 31.8. The molecule has 0 radical (unpaired) electrons. The van der Waals surface area contributed by atoms with Gasteiger partial charge >= 0.3 is 0 Å². The van der Waals surface area contributed by atoms with Crippen LogP contribution in [0, 0.1) is 0 Å². The Balaban J connectivity index is 1.89. The third-order valence-corrected chi connectivity index (χ3v) is 5.12. The molecule has 2 fully saturated rings. The number of nitrogens with zero attached hydrogens (tertiary/aromatic N) is 3. The maximum Gasteiger partial charge on any atom is 0.135 e. The maximum absolute atomic E-state index is 3.31. The van der Waals surface area contributed by atoms with Crippen LogP contribution in [-0.4, -0.2) is 86.9 Å². The Kier molecular flexibility index (Phi) is 6.75. The van der Waals surface area contributed by atoms with E-state index in [-0.39, 0.29) is 0 Å². The summed E-state index contributed by atoms with van der Waals surface area (Å²) < 4.78 is 1.35. The molecule has 118 valence electrons. The third kappa shape index (κ3) is 4.69. The molecule has 2 rings (SSSR count). The number of nitrogens with one attached hydrogen (secondary N) is 1. The number of hydrogen-bond acceptors (Lipinski definition) is 3. The molecule has 0 aromatic carbocycles. The highest BCUT2D eigenvalue weighted by Gasteiger charge is 2.36. The molecule has 2 heterocycles. The summed E-state index contributed by atoms with van der Waals surface area (Å²) in [7, 11) is 2.07. The lowest BCUT2D eigenvalue weighted by Gasteiger charge is -2.35. The molecule has 0 spiro atoms. The maximum atomic E-state index is 3.31. The molecule has 0 aliphatic carbocycles. The second-order valence-electron chi connectivity index (χ2n) is 6.78. The molecule has 2 aliphatic heterocycles. The zero-order valence-corrected chi connectivity index (χ0v) is 13.7. The minimum Gasteiger partial charge on any atom is -0.320 e. The van der Waals surface area contributed by atoms with Gasteiger partial charge in [-0.3, -0.25) is 9.80 Å². The van der Waals surface area contributed by atoms with Gasteiger partial charge in [-0.25, -0.2) is 0 Å². The Morgan fingerprint density at radius 2 is 1.90 bits per heavy atom. The molecule has 4 nitrogen and oxygen atoms in total. The van der Waals surface area contributed by atoms with E-state index in [1.165, 1.54) is 95.7 Å². The highest BCUT2D eigenvalue weighted by atomic mass is 15.5. The monoisotopic (exact) mass is 283 g/mol. The lowest BCUT2D eigenvalue weighted by Crippen LogP contribution is -2.51. The molecule has 0 aromatic heterocycles. The largest absolute Gasteiger partial charge is 0.320 e. The molecular formula is C16H35N4+. The van der Waals surface area contributed by atoms with E-state index in [9.17, 15) is 0 Å². The topological polar surface area (TPSA) is 18.5 Å². The van der Waals surface area contributed by atoms with Crippen molar-refractivity contribution in [3.05, 3.63) is 0 Å². The summed E-state index contributed by atoms with van der Waals surface area (Å²) in [6, 6.07) is 0. The number of fused-ring (bicyclic) bond motifs is 2. The number of hydrogen-bond donors (Lipinski definition) is 1. The van der Waals surface area contributed by atoms with Crippen LogP contribution in [0.3, 0.4) is 0 Å². The van der Waals surface area contributed by atoms with Crippen LogP contribution in [-0.2, 0) is 0 Å². The highest BCUT2D eigenvalue weighted by Crippen LogP contribution is 2.19. The second-order valence-corrected chi connectivity index (χ2v) is 6.78. The summed E-state index contributed by atoms with van der Waals surface area (Å²) in [5, 5.41) is 3.31. The third-order valence-electron chi connectivity index (χ3n) is 5.12. The first-order valence-corrected chi connectivity index (χ1v) is 8.72. The molecule has 1 N–H and O–H groups in total. The van der Waals surface area contributed by atoms with Crippen LogP contribution in [0.25, 0.3) is 0 Å². The summed E-state index contributed by atoms with van der Waals surface area (Å²) in [5.74, 6) is 0. The van der Waals surface area contributed by atoms with E-state index in [0.29, 0.717) is 0 Å². The first-order chi connectivity index (χ1) is 9.78. The molecule has 2 aliphatic rings. The van der Waals surface area contributed by atoms with Crippen molar-refractivity contribution in [2.45, 2.75) is 32.6 Å². The van der Waals surface area contributed by atoms with Gasteiger partial charge in [-0.2, -0.15) is 0 Å². The molecule has 2 unspecified atom stereocenters. The molecule has 0 saturated carbocycles. The molecule has 20 heavy (non-hydrogen) atoms. The van der Waals surface area contributed by atoms with E-state index in [2.05, 4.69) is 29.1 Å². The smallest absolute Gasteiger partial charge is 0.135 e. The Morgan fingerprint density at radius 3 is 2.70 bits per heavy atom. The summed E-state index contributed by atoms with van der Waals surface area (Å²) in [6.07, 6.45) is 5.37. The minimum atomic E-state index is 1.17. The van der Waals surface area contributed by atoms with Crippen LogP contribution >= 0.6 is 0 Å². The molecule has 2 atom stereocenters. The van der Waals surface area contributed by atoms with Gasteiger partial charge in [0.15, 0.2) is 0 Å². The summed E-state index contributed by atoms with van der Waals surface area (Å²) in [5.41, 5.74) is 0. The van der Waals surface area contributed by atoms with Gasteiger partial charge in [-0.15, -0.1) is 0 Å². The first kappa shape index (κ1) is 16.2. The van der Waals surface area contributed by atoms with E-state index in [0.717, 1.165) is 0 Å². The van der Waals surface area contributed by atoms with Crippen molar-refractivity contribution in [1.82, 2.24) is 15.1 Å². The first-order valence-electron chi connectivity index (χ1n) is 8.72. The zero-order chi connectivity index (χ0) is 14.3. The minimum absolute atomic E-state index is 1.17. The Labute approximate surface area is 125 Å². The zero-order valence-electron chi connectivity index (χ0n) is 13.7. The average molecular weight is 283 g/mol. The molecule has 2 saturated heterocycles. The predicted molar refractivity (Wildman–Crippen MR) is 85.8 cm³/mol. The van der Waals surface area contributed by atoms with Crippen molar-refractivity contribution in [2.75, 3.05) is 72.6 Å². The van der Waals surface area contributed by atoms with Crippen molar-refractivity contribution < 1.29 is 4.48 Å². The summed E-state index contributed by atoms with van der Waals surface area (Å²) in [4.78, 5) is 5.44. The van der Waals surface area contributed by atoms with Crippen LogP contribution < -0.4 is 5.32 Å². The van der Waals surface area contributed by atoms with Crippen molar-refractivity contribution in [3.63, 3.8) is 0 Å². The second kappa shape index (κ2) is 8.32. The van der Waals surface area contributed by atoms with E-state index in [4.69, 9.17) is 0 Å².